The third-order valence-corrected chi connectivity index (χ3v) is 7.56. The number of aromatic nitrogens is 4. The van der Waals surface area contributed by atoms with Gasteiger partial charge in [-0.05, 0) is 49.4 Å². The molecule has 8 nitrogen and oxygen atoms in total. The predicted molar refractivity (Wildman–Crippen MR) is 137 cm³/mol. The fourth-order valence-electron chi connectivity index (χ4n) is 4.96. The topological polar surface area (TPSA) is 93.2 Å². The van der Waals surface area contributed by atoms with Gasteiger partial charge in [-0.15, -0.1) is 0 Å². The lowest BCUT2D eigenvalue weighted by Gasteiger charge is -2.38. The van der Waals surface area contributed by atoms with Crippen LogP contribution in [0.1, 0.15) is 25.7 Å². The van der Waals surface area contributed by atoms with Crippen molar-refractivity contribution in [1.82, 2.24) is 24.2 Å². The van der Waals surface area contributed by atoms with Crippen molar-refractivity contribution in [2.24, 2.45) is 5.92 Å². The van der Waals surface area contributed by atoms with Crippen molar-refractivity contribution < 1.29 is 9.90 Å². The summed E-state index contributed by atoms with van der Waals surface area (Å²) >= 11 is 6.38. The Bertz CT molecular complexity index is 1520. The summed E-state index contributed by atoms with van der Waals surface area (Å²) in [5.41, 5.74) is 1.75. The van der Waals surface area contributed by atoms with Crippen molar-refractivity contribution in [2.45, 2.75) is 37.8 Å². The highest BCUT2D eigenvalue weighted by Crippen LogP contribution is 2.33. The molecule has 1 amide bonds. The van der Waals surface area contributed by atoms with E-state index in [0.717, 1.165) is 29.7 Å². The zero-order chi connectivity index (χ0) is 24.9. The van der Waals surface area contributed by atoms with Crippen molar-refractivity contribution in [1.29, 1.82) is 0 Å². The molecule has 6 rings (SSSR count). The number of carbonyl (C=O) groups is 1. The van der Waals surface area contributed by atoms with Crippen LogP contribution in [0, 0.1) is 5.92 Å². The lowest BCUT2D eigenvalue weighted by Crippen LogP contribution is -2.50. The van der Waals surface area contributed by atoms with Crippen LogP contribution in [0.25, 0.3) is 27.8 Å². The third kappa shape index (κ3) is 4.20. The van der Waals surface area contributed by atoms with Crippen LogP contribution in [0.2, 0.25) is 5.02 Å². The zero-order valence-corrected chi connectivity index (χ0v) is 20.4. The maximum Gasteiger partial charge on any atom is 0.264 e. The number of fused-ring (bicyclic) bond motifs is 1. The first-order valence-electron chi connectivity index (χ1n) is 12.2. The quantitative estimate of drug-likeness (QED) is 0.448. The van der Waals surface area contributed by atoms with Gasteiger partial charge in [-0.2, -0.15) is 5.10 Å². The summed E-state index contributed by atoms with van der Waals surface area (Å²) in [5, 5.41) is 16.6. The fraction of sp³-hybridized carbons (Fsp3) is 0.333. The Morgan fingerprint density at radius 2 is 1.89 bits per heavy atom. The highest BCUT2D eigenvalue weighted by Gasteiger charge is 2.39. The summed E-state index contributed by atoms with van der Waals surface area (Å²) in [5.74, 6) is 0.371. The number of hydrogen-bond donors (Lipinski definition) is 1. The van der Waals surface area contributed by atoms with Gasteiger partial charge in [0, 0.05) is 29.6 Å². The summed E-state index contributed by atoms with van der Waals surface area (Å²) in [6.45, 7) is 1.15. The minimum atomic E-state index is -1.06. The van der Waals surface area contributed by atoms with E-state index >= 15 is 0 Å². The fourth-order valence-corrected chi connectivity index (χ4v) is 5.20. The lowest BCUT2D eigenvalue weighted by atomic mass is 9.91. The molecule has 1 aliphatic heterocycles. The van der Waals surface area contributed by atoms with Gasteiger partial charge in [-0.25, -0.2) is 9.67 Å². The van der Waals surface area contributed by atoms with E-state index in [9.17, 15) is 14.7 Å². The van der Waals surface area contributed by atoms with Crippen molar-refractivity contribution in [2.75, 3.05) is 13.1 Å². The molecule has 2 aromatic carbocycles. The lowest BCUT2D eigenvalue weighted by molar-refractivity contribution is -0.137. The van der Waals surface area contributed by atoms with Crippen molar-refractivity contribution in [3.05, 3.63) is 76.4 Å². The van der Waals surface area contributed by atoms with E-state index in [4.69, 9.17) is 11.6 Å². The number of halogens is 1. The SMILES string of the molecule is O=C(C1CC1)N1CCC(O)(Cn2cnc3c(cnn3-c3cccc(-c4ccccc4Cl)c3)c2=O)CC1. The first-order valence-corrected chi connectivity index (χ1v) is 12.6. The Kier molecular flexibility index (Phi) is 5.65. The molecule has 2 aliphatic rings. The second kappa shape index (κ2) is 8.87. The second-order valence-corrected chi connectivity index (χ2v) is 10.2. The molecule has 36 heavy (non-hydrogen) atoms. The summed E-state index contributed by atoms with van der Waals surface area (Å²) in [6.07, 6.45) is 5.80. The van der Waals surface area contributed by atoms with Crippen molar-refractivity contribution in [3.63, 3.8) is 0 Å². The van der Waals surface area contributed by atoms with Gasteiger partial charge in [0.1, 0.15) is 11.7 Å². The number of hydrogen-bond acceptors (Lipinski definition) is 5. The highest BCUT2D eigenvalue weighted by molar-refractivity contribution is 6.33. The number of piperidine rings is 1. The van der Waals surface area contributed by atoms with Crippen LogP contribution in [-0.4, -0.2) is 53.9 Å². The van der Waals surface area contributed by atoms with Crippen LogP contribution in [-0.2, 0) is 11.3 Å². The molecule has 1 aliphatic carbocycles. The molecule has 9 heteroatoms. The molecule has 1 saturated heterocycles. The Morgan fingerprint density at radius 3 is 2.64 bits per heavy atom. The second-order valence-electron chi connectivity index (χ2n) is 9.83. The number of aliphatic hydroxyl groups is 1. The zero-order valence-electron chi connectivity index (χ0n) is 19.7. The molecule has 0 spiro atoms. The maximum absolute atomic E-state index is 13.3. The number of benzene rings is 2. The van der Waals surface area contributed by atoms with Crippen LogP contribution in [0.3, 0.4) is 0 Å². The van der Waals surface area contributed by atoms with Crippen LogP contribution >= 0.6 is 11.6 Å². The van der Waals surface area contributed by atoms with Gasteiger partial charge >= 0.3 is 0 Å². The number of amides is 1. The monoisotopic (exact) mass is 503 g/mol. The van der Waals surface area contributed by atoms with Gasteiger partial charge in [0.25, 0.3) is 5.56 Å². The van der Waals surface area contributed by atoms with Crippen LogP contribution < -0.4 is 5.56 Å². The van der Waals surface area contributed by atoms with E-state index in [0.29, 0.717) is 42.0 Å². The molecule has 2 fully saturated rings. The van der Waals surface area contributed by atoms with Crippen molar-refractivity contribution >= 4 is 28.5 Å². The molecule has 4 aromatic rings. The molecule has 184 valence electrons. The van der Waals surface area contributed by atoms with Crippen LogP contribution in [0.4, 0.5) is 0 Å². The number of likely N-dealkylation sites (tertiary alicyclic amines) is 1. The van der Waals surface area contributed by atoms with E-state index in [2.05, 4.69) is 10.1 Å². The van der Waals surface area contributed by atoms with Crippen LogP contribution in [0.15, 0.2) is 65.8 Å². The van der Waals surface area contributed by atoms with E-state index in [1.807, 2.05) is 53.4 Å². The number of carbonyl (C=O) groups excluding carboxylic acids is 1. The Labute approximate surface area is 212 Å². The van der Waals surface area contributed by atoms with Crippen molar-refractivity contribution in [3.8, 4) is 16.8 Å². The predicted octanol–water partition coefficient (Wildman–Crippen LogP) is 3.67. The largest absolute Gasteiger partial charge is 0.388 e. The van der Waals surface area contributed by atoms with E-state index in [1.54, 1.807) is 4.68 Å². The minimum Gasteiger partial charge on any atom is -0.388 e. The average Bonchev–Trinajstić information content (AvgIpc) is 3.65. The Hall–Kier alpha value is -3.49. The number of rotatable bonds is 5. The van der Waals surface area contributed by atoms with Gasteiger partial charge in [-0.1, -0.05) is 41.9 Å². The molecular formula is C27H26ClN5O3. The van der Waals surface area contributed by atoms with Gasteiger partial charge in [0.15, 0.2) is 5.65 Å². The molecule has 0 bridgehead atoms. The normalized spacial score (nSPS) is 17.4. The standard InChI is InChI=1S/C27H26ClN5O3/c28-23-7-2-1-6-21(23)19-4-3-5-20(14-19)33-24-22(15-30-33)26(35)32(17-29-24)16-27(36)10-12-31(13-11-27)25(34)18-8-9-18/h1-7,14-15,17-18,36H,8-13,16H2. The van der Waals surface area contributed by atoms with Gasteiger partial charge in [-0.3, -0.25) is 14.2 Å². The van der Waals surface area contributed by atoms with Gasteiger partial charge < -0.3 is 10.0 Å². The summed E-state index contributed by atoms with van der Waals surface area (Å²) in [6, 6.07) is 15.4. The Morgan fingerprint density at radius 1 is 1.11 bits per heavy atom. The molecular weight excluding hydrogens is 478 g/mol. The smallest absolute Gasteiger partial charge is 0.264 e. The highest BCUT2D eigenvalue weighted by atomic mass is 35.5. The molecule has 0 unspecified atom stereocenters. The van der Waals surface area contributed by atoms with Gasteiger partial charge in [0.2, 0.25) is 5.91 Å². The molecule has 1 N–H and O–H groups in total. The summed E-state index contributed by atoms with van der Waals surface area (Å²) in [4.78, 5) is 32.0. The number of nitrogens with zero attached hydrogens (tertiary/aromatic N) is 5. The van der Waals surface area contributed by atoms with E-state index in [-0.39, 0.29) is 23.9 Å². The van der Waals surface area contributed by atoms with E-state index in [1.165, 1.54) is 17.1 Å². The molecule has 0 radical (unpaired) electrons. The Balaban J connectivity index is 1.25. The van der Waals surface area contributed by atoms with Crippen LogP contribution in [0.5, 0.6) is 0 Å². The first-order chi connectivity index (χ1) is 17.4. The summed E-state index contributed by atoms with van der Waals surface area (Å²) < 4.78 is 3.09. The first kappa shape index (κ1) is 22.9. The van der Waals surface area contributed by atoms with Gasteiger partial charge in [0.05, 0.1) is 24.0 Å². The molecule has 1 saturated carbocycles. The summed E-state index contributed by atoms with van der Waals surface area (Å²) in [7, 11) is 0. The third-order valence-electron chi connectivity index (χ3n) is 7.23. The maximum atomic E-state index is 13.3. The molecule has 0 atom stereocenters. The molecule has 2 aromatic heterocycles. The average molecular weight is 504 g/mol. The van der Waals surface area contributed by atoms with E-state index < -0.39 is 5.60 Å². The minimum absolute atomic E-state index is 0.132. The molecule has 3 heterocycles.